The second kappa shape index (κ2) is 7.13. The fourth-order valence-electron chi connectivity index (χ4n) is 2.66. The van der Waals surface area contributed by atoms with Crippen molar-refractivity contribution in [2.24, 2.45) is 5.92 Å². The molecule has 1 aromatic carbocycles. The highest BCUT2D eigenvalue weighted by Crippen LogP contribution is 2.35. The molecule has 1 saturated heterocycles. The van der Waals surface area contributed by atoms with Crippen LogP contribution in [0.4, 0.5) is 0 Å². The number of likely N-dealkylation sites (tertiary alicyclic amines) is 1. The van der Waals surface area contributed by atoms with Crippen LogP contribution in [0.1, 0.15) is 23.2 Å². The zero-order valence-electron chi connectivity index (χ0n) is 12.3. The van der Waals surface area contributed by atoms with Crippen molar-refractivity contribution in [2.75, 3.05) is 33.9 Å². The molecule has 5 nitrogen and oxygen atoms in total. The molecule has 0 aliphatic carbocycles. The van der Waals surface area contributed by atoms with Crippen molar-refractivity contribution in [1.29, 1.82) is 0 Å². The molecule has 0 spiro atoms. The van der Waals surface area contributed by atoms with Gasteiger partial charge < -0.3 is 19.5 Å². The van der Waals surface area contributed by atoms with Gasteiger partial charge in [0.05, 0.1) is 24.3 Å². The molecular formula is C15H20BrNO4. The van der Waals surface area contributed by atoms with Gasteiger partial charge in [0.25, 0.3) is 5.91 Å². The number of aliphatic hydroxyl groups is 1. The van der Waals surface area contributed by atoms with Crippen LogP contribution in [0.25, 0.3) is 0 Å². The summed E-state index contributed by atoms with van der Waals surface area (Å²) in [5.74, 6) is 1.44. The molecule has 1 aromatic rings. The van der Waals surface area contributed by atoms with Crippen molar-refractivity contribution in [1.82, 2.24) is 4.90 Å². The van der Waals surface area contributed by atoms with Gasteiger partial charge in [-0.25, -0.2) is 0 Å². The SMILES string of the molecule is COc1cc(Br)c(OC)c(C(=O)N2CCC(CCO)C2)c1. The summed E-state index contributed by atoms with van der Waals surface area (Å²) in [5.41, 5.74) is 0.494. The average molecular weight is 358 g/mol. The van der Waals surface area contributed by atoms with Gasteiger partial charge in [-0.1, -0.05) is 0 Å². The summed E-state index contributed by atoms with van der Waals surface area (Å²) in [5, 5.41) is 9.01. The number of amides is 1. The summed E-state index contributed by atoms with van der Waals surface area (Å²) >= 11 is 3.40. The van der Waals surface area contributed by atoms with Gasteiger partial charge >= 0.3 is 0 Å². The molecule has 1 fully saturated rings. The normalized spacial score (nSPS) is 17.9. The first-order valence-electron chi connectivity index (χ1n) is 6.92. The minimum Gasteiger partial charge on any atom is -0.497 e. The number of hydrogen-bond donors (Lipinski definition) is 1. The number of rotatable bonds is 5. The maximum absolute atomic E-state index is 12.7. The summed E-state index contributed by atoms with van der Waals surface area (Å²) in [6.07, 6.45) is 1.67. The van der Waals surface area contributed by atoms with Gasteiger partial charge in [-0.2, -0.15) is 0 Å². The van der Waals surface area contributed by atoms with Crippen LogP contribution >= 0.6 is 15.9 Å². The van der Waals surface area contributed by atoms with Gasteiger partial charge in [-0.3, -0.25) is 4.79 Å². The van der Waals surface area contributed by atoms with E-state index in [1.54, 1.807) is 26.4 Å². The molecule has 6 heteroatoms. The molecule has 1 aliphatic heterocycles. The maximum atomic E-state index is 12.7. The fourth-order valence-corrected chi connectivity index (χ4v) is 3.26. The van der Waals surface area contributed by atoms with E-state index >= 15 is 0 Å². The summed E-state index contributed by atoms with van der Waals surface area (Å²) in [6.45, 7) is 1.56. The Morgan fingerprint density at radius 2 is 2.19 bits per heavy atom. The van der Waals surface area contributed by atoms with E-state index in [0.29, 0.717) is 40.5 Å². The summed E-state index contributed by atoms with van der Waals surface area (Å²) in [6, 6.07) is 3.47. The molecule has 2 rings (SSSR count). The maximum Gasteiger partial charge on any atom is 0.257 e. The molecule has 1 atom stereocenters. The Morgan fingerprint density at radius 3 is 2.81 bits per heavy atom. The Morgan fingerprint density at radius 1 is 1.43 bits per heavy atom. The van der Waals surface area contributed by atoms with Gasteiger partial charge in [0, 0.05) is 19.7 Å². The predicted octanol–water partition coefficient (Wildman–Crippen LogP) is 2.31. The van der Waals surface area contributed by atoms with Crippen LogP contribution in [0.3, 0.4) is 0 Å². The number of aliphatic hydroxyl groups excluding tert-OH is 1. The summed E-state index contributed by atoms with van der Waals surface area (Å²) in [7, 11) is 3.11. The first-order valence-corrected chi connectivity index (χ1v) is 7.71. The van der Waals surface area contributed by atoms with Gasteiger partial charge in [0.1, 0.15) is 11.5 Å². The second-order valence-corrected chi connectivity index (χ2v) is 5.96. The monoisotopic (exact) mass is 357 g/mol. The van der Waals surface area contributed by atoms with Crippen LogP contribution in [-0.2, 0) is 0 Å². The number of carbonyl (C=O) groups excluding carboxylic acids is 1. The zero-order valence-corrected chi connectivity index (χ0v) is 13.9. The minimum atomic E-state index is -0.0631. The lowest BCUT2D eigenvalue weighted by atomic mass is 10.1. The van der Waals surface area contributed by atoms with E-state index in [2.05, 4.69) is 15.9 Å². The Hall–Kier alpha value is -1.27. The topological polar surface area (TPSA) is 59.0 Å². The molecule has 1 unspecified atom stereocenters. The number of hydrogen-bond acceptors (Lipinski definition) is 4. The van der Waals surface area contributed by atoms with Gasteiger partial charge in [-0.05, 0) is 46.8 Å². The molecule has 1 N–H and O–H groups in total. The van der Waals surface area contributed by atoms with E-state index < -0.39 is 0 Å². The highest BCUT2D eigenvalue weighted by Gasteiger charge is 2.29. The van der Waals surface area contributed by atoms with Gasteiger partial charge in [0.15, 0.2) is 0 Å². The third-order valence-corrected chi connectivity index (χ3v) is 4.39. The first-order chi connectivity index (χ1) is 10.1. The quantitative estimate of drug-likeness (QED) is 0.878. The van der Waals surface area contributed by atoms with E-state index in [0.717, 1.165) is 12.8 Å². The molecule has 0 radical (unpaired) electrons. The van der Waals surface area contributed by atoms with Crippen LogP contribution < -0.4 is 9.47 Å². The largest absolute Gasteiger partial charge is 0.497 e. The van der Waals surface area contributed by atoms with Gasteiger partial charge in [0.2, 0.25) is 0 Å². The molecule has 0 bridgehead atoms. The molecule has 1 amide bonds. The number of nitrogens with zero attached hydrogens (tertiary/aromatic N) is 1. The molecular weight excluding hydrogens is 338 g/mol. The third kappa shape index (κ3) is 3.49. The summed E-state index contributed by atoms with van der Waals surface area (Å²) in [4.78, 5) is 14.5. The zero-order chi connectivity index (χ0) is 15.4. The average Bonchev–Trinajstić information content (AvgIpc) is 2.94. The number of benzene rings is 1. The highest BCUT2D eigenvalue weighted by molar-refractivity contribution is 9.10. The van der Waals surface area contributed by atoms with Crippen LogP contribution in [-0.4, -0.2) is 49.8 Å². The van der Waals surface area contributed by atoms with Crippen molar-refractivity contribution in [2.45, 2.75) is 12.8 Å². The fraction of sp³-hybridized carbons (Fsp3) is 0.533. The highest BCUT2D eigenvalue weighted by atomic mass is 79.9. The Kier molecular flexibility index (Phi) is 5.47. The standard InChI is InChI=1S/C15H20BrNO4/c1-20-11-7-12(14(21-2)13(16)8-11)15(19)17-5-3-10(9-17)4-6-18/h7-8,10,18H,3-6,9H2,1-2H3. The van der Waals surface area contributed by atoms with Crippen molar-refractivity contribution in [3.63, 3.8) is 0 Å². The number of methoxy groups -OCH3 is 2. The Balaban J connectivity index is 2.24. The van der Waals surface area contributed by atoms with Crippen LogP contribution in [0.5, 0.6) is 11.5 Å². The van der Waals surface area contributed by atoms with E-state index in [1.807, 2.05) is 4.90 Å². The number of carbonyl (C=O) groups is 1. The van der Waals surface area contributed by atoms with Crippen LogP contribution in [0, 0.1) is 5.92 Å². The molecule has 1 aliphatic rings. The van der Waals surface area contributed by atoms with Crippen molar-refractivity contribution >= 4 is 21.8 Å². The van der Waals surface area contributed by atoms with Crippen LogP contribution in [0.15, 0.2) is 16.6 Å². The molecule has 0 saturated carbocycles. The van der Waals surface area contributed by atoms with Crippen molar-refractivity contribution in [3.05, 3.63) is 22.2 Å². The number of ether oxygens (including phenoxy) is 2. The van der Waals surface area contributed by atoms with E-state index in [1.165, 1.54) is 0 Å². The third-order valence-electron chi connectivity index (χ3n) is 3.80. The Bertz CT molecular complexity index is 521. The van der Waals surface area contributed by atoms with Crippen molar-refractivity contribution in [3.8, 4) is 11.5 Å². The predicted molar refractivity (Wildman–Crippen MR) is 83.0 cm³/mol. The van der Waals surface area contributed by atoms with E-state index in [-0.39, 0.29) is 12.5 Å². The number of halogens is 1. The van der Waals surface area contributed by atoms with Gasteiger partial charge in [-0.15, -0.1) is 0 Å². The second-order valence-electron chi connectivity index (χ2n) is 5.11. The van der Waals surface area contributed by atoms with Crippen molar-refractivity contribution < 1.29 is 19.4 Å². The lowest BCUT2D eigenvalue weighted by Crippen LogP contribution is -2.29. The van der Waals surface area contributed by atoms with E-state index in [4.69, 9.17) is 14.6 Å². The van der Waals surface area contributed by atoms with E-state index in [9.17, 15) is 4.79 Å². The minimum absolute atomic E-state index is 0.0631. The molecule has 116 valence electrons. The Labute approximate surface area is 133 Å². The lowest BCUT2D eigenvalue weighted by molar-refractivity contribution is 0.0781. The molecule has 1 heterocycles. The first kappa shape index (κ1) is 16.1. The molecule has 21 heavy (non-hydrogen) atoms. The van der Waals surface area contributed by atoms with Crippen LogP contribution in [0.2, 0.25) is 0 Å². The lowest BCUT2D eigenvalue weighted by Gasteiger charge is -2.19. The molecule has 0 aromatic heterocycles. The summed E-state index contributed by atoms with van der Waals surface area (Å²) < 4.78 is 11.3. The smallest absolute Gasteiger partial charge is 0.257 e.